The van der Waals surface area contributed by atoms with E-state index in [0.29, 0.717) is 5.69 Å². The maximum Gasteiger partial charge on any atom is 0.253 e. The van der Waals surface area contributed by atoms with E-state index in [0.717, 1.165) is 6.07 Å². The molecule has 17 heavy (non-hydrogen) atoms. The highest BCUT2D eigenvalue weighted by molar-refractivity contribution is 6.53. The van der Waals surface area contributed by atoms with Gasteiger partial charge in [0.1, 0.15) is 5.82 Å². The van der Waals surface area contributed by atoms with Crippen molar-refractivity contribution < 1.29 is 14.0 Å². The van der Waals surface area contributed by atoms with Crippen LogP contribution in [0.1, 0.15) is 0 Å². The standard InChI is InChI=1S/C10H9Cl2FN2O2/c11-9(12)10(17)14-5-8(16)15-7-3-1-2-6(13)4-7/h1-4,9H,5H2,(H,14,17)(H,15,16). The largest absolute Gasteiger partial charge is 0.345 e. The second-order valence-electron chi connectivity index (χ2n) is 3.08. The molecular weight excluding hydrogens is 270 g/mol. The Morgan fingerprint density at radius 2 is 2.06 bits per heavy atom. The lowest BCUT2D eigenvalue weighted by Gasteiger charge is -2.07. The Hall–Kier alpha value is -1.33. The SMILES string of the molecule is O=C(CNC(=O)C(Cl)Cl)Nc1cccc(F)c1. The molecule has 1 aromatic rings. The Morgan fingerprint density at radius 1 is 1.35 bits per heavy atom. The van der Waals surface area contributed by atoms with Crippen molar-refractivity contribution in [1.82, 2.24) is 5.32 Å². The second-order valence-corrected chi connectivity index (χ2v) is 4.17. The zero-order chi connectivity index (χ0) is 12.8. The number of alkyl halides is 2. The summed E-state index contributed by atoms with van der Waals surface area (Å²) >= 11 is 10.5. The Bertz CT molecular complexity index is 427. The summed E-state index contributed by atoms with van der Waals surface area (Å²) in [6.45, 7) is -0.286. The minimum Gasteiger partial charge on any atom is -0.345 e. The van der Waals surface area contributed by atoms with Crippen LogP contribution in [-0.4, -0.2) is 23.2 Å². The molecule has 2 amide bonds. The minimum absolute atomic E-state index is 0.286. The van der Waals surface area contributed by atoms with Crippen LogP contribution in [0, 0.1) is 5.82 Å². The van der Waals surface area contributed by atoms with Crippen LogP contribution < -0.4 is 10.6 Å². The quantitative estimate of drug-likeness (QED) is 0.824. The van der Waals surface area contributed by atoms with Gasteiger partial charge in [-0.25, -0.2) is 4.39 Å². The number of halogens is 3. The lowest BCUT2D eigenvalue weighted by molar-refractivity contribution is -0.122. The number of amides is 2. The van der Waals surface area contributed by atoms with Crippen molar-refractivity contribution in [2.75, 3.05) is 11.9 Å². The van der Waals surface area contributed by atoms with E-state index in [-0.39, 0.29) is 6.54 Å². The Morgan fingerprint density at radius 3 is 2.65 bits per heavy atom. The third-order valence-corrected chi connectivity index (χ3v) is 2.13. The molecule has 92 valence electrons. The molecule has 0 aliphatic heterocycles. The Labute approximate surface area is 107 Å². The fraction of sp³-hybridized carbons (Fsp3) is 0.200. The third kappa shape index (κ3) is 5.01. The summed E-state index contributed by atoms with van der Waals surface area (Å²) in [5.41, 5.74) is 0.303. The molecular formula is C10H9Cl2FN2O2. The Balaban J connectivity index is 2.43. The molecule has 0 aromatic heterocycles. The average Bonchev–Trinajstić information content (AvgIpc) is 2.25. The maximum atomic E-state index is 12.8. The molecule has 0 spiro atoms. The minimum atomic E-state index is -1.23. The molecule has 0 saturated heterocycles. The second kappa shape index (κ2) is 6.42. The highest BCUT2D eigenvalue weighted by Gasteiger charge is 2.12. The number of carbonyl (C=O) groups is 2. The highest BCUT2D eigenvalue weighted by atomic mass is 35.5. The van der Waals surface area contributed by atoms with Crippen LogP contribution >= 0.6 is 23.2 Å². The van der Waals surface area contributed by atoms with Crippen LogP contribution in [0.4, 0.5) is 10.1 Å². The van der Waals surface area contributed by atoms with E-state index in [4.69, 9.17) is 23.2 Å². The zero-order valence-corrected chi connectivity index (χ0v) is 10.1. The molecule has 7 heteroatoms. The fourth-order valence-electron chi connectivity index (χ4n) is 1.02. The van der Waals surface area contributed by atoms with Crippen molar-refractivity contribution in [3.05, 3.63) is 30.1 Å². The van der Waals surface area contributed by atoms with Crippen molar-refractivity contribution in [1.29, 1.82) is 0 Å². The first kappa shape index (κ1) is 13.7. The van der Waals surface area contributed by atoms with Gasteiger partial charge in [-0.2, -0.15) is 0 Å². The van der Waals surface area contributed by atoms with Crippen LogP contribution in [0.5, 0.6) is 0 Å². The molecule has 0 radical (unpaired) electrons. The van der Waals surface area contributed by atoms with Gasteiger partial charge in [-0.15, -0.1) is 0 Å². The molecule has 2 N–H and O–H groups in total. The van der Waals surface area contributed by atoms with Gasteiger partial charge in [-0.05, 0) is 18.2 Å². The molecule has 0 unspecified atom stereocenters. The maximum absolute atomic E-state index is 12.8. The number of hydrogen-bond acceptors (Lipinski definition) is 2. The number of hydrogen-bond donors (Lipinski definition) is 2. The zero-order valence-electron chi connectivity index (χ0n) is 8.54. The molecule has 0 atom stereocenters. The number of rotatable bonds is 4. The van der Waals surface area contributed by atoms with Gasteiger partial charge in [0.2, 0.25) is 5.91 Å². The van der Waals surface area contributed by atoms with Gasteiger partial charge in [-0.3, -0.25) is 9.59 Å². The summed E-state index contributed by atoms with van der Waals surface area (Å²) in [4.78, 5) is 21.0. The van der Waals surface area contributed by atoms with Gasteiger partial charge in [0.05, 0.1) is 6.54 Å². The monoisotopic (exact) mass is 278 g/mol. The lowest BCUT2D eigenvalue weighted by Crippen LogP contribution is -2.35. The third-order valence-electron chi connectivity index (χ3n) is 1.73. The molecule has 0 bridgehead atoms. The van der Waals surface area contributed by atoms with Crippen molar-refractivity contribution in [2.45, 2.75) is 4.84 Å². The molecule has 1 aromatic carbocycles. The van der Waals surface area contributed by atoms with E-state index in [2.05, 4.69) is 10.6 Å². The molecule has 0 fully saturated rings. The summed E-state index contributed by atoms with van der Waals surface area (Å²) in [5, 5.41) is 4.61. The molecule has 1 rings (SSSR count). The first-order valence-corrected chi connectivity index (χ1v) is 5.47. The van der Waals surface area contributed by atoms with Crippen LogP contribution in [0.2, 0.25) is 0 Å². The molecule has 0 saturated carbocycles. The van der Waals surface area contributed by atoms with Crippen molar-refractivity contribution >= 4 is 40.7 Å². The lowest BCUT2D eigenvalue weighted by atomic mass is 10.3. The predicted molar refractivity (Wildman–Crippen MR) is 63.5 cm³/mol. The summed E-state index contributed by atoms with van der Waals surface area (Å²) in [5.74, 6) is -1.63. The van der Waals surface area contributed by atoms with Crippen molar-refractivity contribution in [2.24, 2.45) is 0 Å². The Kier molecular flexibility index (Phi) is 5.18. The van der Waals surface area contributed by atoms with Crippen LogP contribution in [0.15, 0.2) is 24.3 Å². The van der Waals surface area contributed by atoms with Crippen molar-refractivity contribution in [3.63, 3.8) is 0 Å². The summed E-state index contributed by atoms with van der Waals surface area (Å²) in [6.07, 6.45) is 0. The fourth-order valence-corrected chi connectivity index (χ4v) is 1.17. The van der Waals surface area contributed by atoms with E-state index in [1.54, 1.807) is 0 Å². The number of anilines is 1. The van der Waals surface area contributed by atoms with E-state index < -0.39 is 22.5 Å². The topological polar surface area (TPSA) is 58.2 Å². The van der Waals surface area contributed by atoms with Crippen LogP contribution in [0.25, 0.3) is 0 Å². The smallest absolute Gasteiger partial charge is 0.253 e. The normalized spacial score (nSPS) is 10.1. The van der Waals surface area contributed by atoms with Gasteiger partial charge >= 0.3 is 0 Å². The van der Waals surface area contributed by atoms with Gasteiger partial charge < -0.3 is 10.6 Å². The van der Waals surface area contributed by atoms with Gasteiger partial charge in [0.25, 0.3) is 5.91 Å². The van der Waals surface area contributed by atoms with E-state index >= 15 is 0 Å². The first-order chi connectivity index (χ1) is 7.99. The molecule has 0 heterocycles. The van der Waals surface area contributed by atoms with E-state index in [9.17, 15) is 14.0 Å². The van der Waals surface area contributed by atoms with E-state index in [1.807, 2.05) is 0 Å². The van der Waals surface area contributed by atoms with Crippen LogP contribution in [0.3, 0.4) is 0 Å². The molecule has 0 aliphatic carbocycles. The number of carbonyl (C=O) groups excluding carboxylic acids is 2. The van der Waals surface area contributed by atoms with E-state index in [1.165, 1.54) is 18.2 Å². The number of benzene rings is 1. The molecule has 4 nitrogen and oxygen atoms in total. The molecule has 0 aliphatic rings. The van der Waals surface area contributed by atoms with Gasteiger partial charge in [0, 0.05) is 5.69 Å². The van der Waals surface area contributed by atoms with Gasteiger partial charge in [-0.1, -0.05) is 29.3 Å². The van der Waals surface area contributed by atoms with Gasteiger partial charge in [0.15, 0.2) is 4.84 Å². The van der Waals surface area contributed by atoms with Crippen LogP contribution in [-0.2, 0) is 9.59 Å². The van der Waals surface area contributed by atoms with Crippen molar-refractivity contribution in [3.8, 4) is 0 Å². The number of nitrogens with one attached hydrogen (secondary N) is 2. The average molecular weight is 279 g/mol. The summed E-state index contributed by atoms with van der Waals surface area (Å²) in [7, 11) is 0. The first-order valence-electron chi connectivity index (χ1n) is 4.60. The predicted octanol–water partition coefficient (Wildman–Crippen LogP) is 1.68. The summed E-state index contributed by atoms with van der Waals surface area (Å²) in [6, 6.07) is 5.39. The highest BCUT2D eigenvalue weighted by Crippen LogP contribution is 2.08. The summed E-state index contributed by atoms with van der Waals surface area (Å²) < 4.78 is 12.8.